The molecule has 0 bridgehead atoms. The van der Waals surface area contributed by atoms with E-state index in [9.17, 15) is 13.2 Å². The van der Waals surface area contributed by atoms with Crippen LogP contribution in [0, 0.1) is 0 Å². The number of anilines is 1. The van der Waals surface area contributed by atoms with E-state index in [1.54, 1.807) is 12.1 Å². The maximum Gasteiger partial charge on any atom is 0.264 e. The lowest BCUT2D eigenvalue weighted by Crippen LogP contribution is -2.28. The zero-order valence-electron chi connectivity index (χ0n) is 13.2. The molecule has 2 aromatic carbocycles. The van der Waals surface area contributed by atoms with Crippen LogP contribution in [-0.2, 0) is 21.4 Å². The van der Waals surface area contributed by atoms with Gasteiger partial charge in [0.15, 0.2) is 0 Å². The highest BCUT2D eigenvalue weighted by atomic mass is 32.2. The van der Waals surface area contributed by atoms with Gasteiger partial charge in [-0.25, -0.2) is 13.1 Å². The minimum Gasteiger partial charge on any atom is -0.367 e. The number of carbonyl (C=O) groups is 1. The third-order valence-corrected chi connectivity index (χ3v) is 4.84. The van der Waals surface area contributed by atoms with Gasteiger partial charge >= 0.3 is 0 Å². The fraction of sp³-hybridized carbons (Fsp3) is 0.235. The Labute approximate surface area is 137 Å². The van der Waals surface area contributed by atoms with Crippen LogP contribution < -0.4 is 9.62 Å². The number of rotatable bonds is 6. The average Bonchev–Trinajstić information content (AvgIpc) is 2.52. The summed E-state index contributed by atoms with van der Waals surface area (Å²) in [6.45, 7) is 4.76. The lowest BCUT2D eigenvalue weighted by Gasteiger charge is -2.23. The smallest absolute Gasteiger partial charge is 0.264 e. The van der Waals surface area contributed by atoms with E-state index >= 15 is 0 Å². The molecule has 122 valence electrons. The van der Waals surface area contributed by atoms with Crippen LogP contribution in [0.4, 0.5) is 5.69 Å². The molecule has 2 rings (SSSR count). The first-order valence-electron chi connectivity index (χ1n) is 7.34. The van der Waals surface area contributed by atoms with E-state index in [4.69, 9.17) is 0 Å². The first kappa shape index (κ1) is 17.0. The van der Waals surface area contributed by atoms with Crippen molar-refractivity contribution in [2.45, 2.75) is 25.3 Å². The number of hydrogen-bond donors (Lipinski definition) is 1. The number of amides is 1. The molecule has 0 saturated heterocycles. The number of nitrogens with one attached hydrogen (secondary N) is 1. The summed E-state index contributed by atoms with van der Waals surface area (Å²) in [6, 6.07) is 16.6. The zero-order chi connectivity index (χ0) is 16.9. The summed E-state index contributed by atoms with van der Waals surface area (Å²) >= 11 is 0. The van der Waals surface area contributed by atoms with E-state index < -0.39 is 15.9 Å². The Bertz CT molecular complexity index is 756. The van der Waals surface area contributed by atoms with Crippen molar-refractivity contribution < 1.29 is 13.2 Å². The SMILES string of the molecule is CCN(Cc1ccccc1)c1ccc(S(=O)(=O)NC(C)=O)cc1. The van der Waals surface area contributed by atoms with Crippen LogP contribution >= 0.6 is 0 Å². The molecule has 0 aliphatic carbocycles. The van der Waals surface area contributed by atoms with Gasteiger partial charge in [-0.1, -0.05) is 30.3 Å². The van der Waals surface area contributed by atoms with Crippen molar-refractivity contribution in [1.82, 2.24) is 4.72 Å². The summed E-state index contributed by atoms with van der Waals surface area (Å²) in [7, 11) is -3.79. The molecule has 5 nitrogen and oxygen atoms in total. The number of hydrogen-bond acceptors (Lipinski definition) is 4. The Morgan fingerprint density at radius 1 is 1.04 bits per heavy atom. The molecule has 0 atom stereocenters. The van der Waals surface area contributed by atoms with Crippen LogP contribution in [0.5, 0.6) is 0 Å². The summed E-state index contributed by atoms with van der Waals surface area (Å²) in [4.78, 5) is 13.2. The molecule has 2 aromatic rings. The van der Waals surface area contributed by atoms with Gasteiger partial charge in [-0.05, 0) is 36.8 Å². The van der Waals surface area contributed by atoms with Crippen LogP contribution in [0.2, 0.25) is 0 Å². The summed E-state index contributed by atoms with van der Waals surface area (Å²) in [5, 5.41) is 0. The van der Waals surface area contributed by atoms with E-state index in [1.807, 2.05) is 29.8 Å². The molecule has 1 amide bonds. The van der Waals surface area contributed by atoms with Crippen molar-refractivity contribution in [3.63, 3.8) is 0 Å². The molecular formula is C17H20N2O3S. The highest BCUT2D eigenvalue weighted by Gasteiger charge is 2.15. The summed E-state index contributed by atoms with van der Waals surface area (Å²) < 4.78 is 25.8. The van der Waals surface area contributed by atoms with Crippen LogP contribution in [0.3, 0.4) is 0 Å². The van der Waals surface area contributed by atoms with Gasteiger partial charge in [-0.3, -0.25) is 4.79 Å². The second-order valence-electron chi connectivity index (χ2n) is 5.16. The van der Waals surface area contributed by atoms with Gasteiger partial charge in [-0.15, -0.1) is 0 Å². The molecule has 6 heteroatoms. The molecule has 23 heavy (non-hydrogen) atoms. The Kier molecular flexibility index (Phi) is 5.39. The largest absolute Gasteiger partial charge is 0.367 e. The van der Waals surface area contributed by atoms with E-state index in [-0.39, 0.29) is 4.90 Å². The van der Waals surface area contributed by atoms with Gasteiger partial charge in [0.2, 0.25) is 5.91 Å². The molecule has 0 heterocycles. The van der Waals surface area contributed by atoms with Crippen LogP contribution in [0.25, 0.3) is 0 Å². The molecule has 1 N–H and O–H groups in total. The minimum absolute atomic E-state index is 0.0761. The fourth-order valence-electron chi connectivity index (χ4n) is 2.27. The van der Waals surface area contributed by atoms with Crippen molar-refractivity contribution in [2.24, 2.45) is 0 Å². The van der Waals surface area contributed by atoms with Crippen molar-refractivity contribution in [1.29, 1.82) is 0 Å². The number of carbonyl (C=O) groups excluding carboxylic acids is 1. The van der Waals surface area contributed by atoms with Gasteiger partial charge in [0.1, 0.15) is 0 Å². The van der Waals surface area contributed by atoms with Crippen molar-refractivity contribution >= 4 is 21.6 Å². The van der Waals surface area contributed by atoms with Gasteiger partial charge in [-0.2, -0.15) is 0 Å². The summed E-state index contributed by atoms with van der Waals surface area (Å²) in [5.74, 6) is -0.603. The predicted molar refractivity (Wildman–Crippen MR) is 90.6 cm³/mol. The molecule has 0 radical (unpaired) electrons. The topological polar surface area (TPSA) is 66.5 Å². The maximum absolute atomic E-state index is 11.9. The fourth-order valence-corrected chi connectivity index (χ4v) is 3.26. The quantitative estimate of drug-likeness (QED) is 0.883. The highest BCUT2D eigenvalue weighted by Crippen LogP contribution is 2.20. The van der Waals surface area contributed by atoms with Gasteiger partial charge in [0, 0.05) is 25.7 Å². The summed E-state index contributed by atoms with van der Waals surface area (Å²) in [6.07, 6.45) is 0. The van der Waals surface area contributed by atoms with E-state index in [0.29, 0.717) is 0 Å². The molecule has 0 saturated carbocycles. The van der Waals surface area contributed by atoms with Crippen LogP contribution in [0.15, 0.2) is 59.5 Å². The zero-order valence-corrected chi connectivity index (χ0v) is 14.0. The standard InChI is InChI=1S/C17H20N2O3S/c1-3-19(13-15-7-5-4-6-8-15)16-9-11-17(12-10-16)23(21,22)18-14(2)20/h4-12H,3,13H2,1-2H3,(H,18,20). The molecule has 0 aliphatic rings. The Balaban J connectivity index is 2.19. The molecular weight excluding hydrogens is 312 g/mol. The molecule has 0 fully saturated rings. The predicted octanol–water partition coefficient (Wildman–Crippen LogP) is 2.54. The second kappa shape index (κ2) is 7.28. The van der Waals surface area contributed by atoms with Gasteiger partial charge < -0.3 is 4.90 Å². The lowest BCUT2D eigenvalue weighted by atomic mass is 10.2. The molecule has 0 unspecified atom stereocenters. The van der Waals surface area contributed by atoms with Crippen molar-refractivity contribution in [3.05, 3.63) is 60.2 Å². The average molecular weight is 332 g/mol. The first-order chi connectivity index (χ1) is 10.9. The monoisotopic (exact) mass is 332 g/mol. The third-order valence-electron chi connectivity index (χ3n) is 3.39. The molecule has 0 aliphatic heterocycles. The Morgan fingerprint density at radius 2 is 1.65 bits per heavy atom. The van der Waals surface area contributed by atoms with Crippen LogP contribution in [0.1, 0.15) is 19.4 Å². The summed E-state index contributed by atoms with van der Waals surface area (Å²) in [5.41, 5.74) is 2.11. The highest BCUT2D eigenvalue weighted by molar-refractivity contribution is 7.90. The second-order valence-corrected chi connectivity index (χ2v) is 6.84. The maximum atomic E-state index is 11.9. The molecule has 0 aromatic heterocycles. The number of sulfonamides is 1. The minimum atomic E-state index is -3.79. The lowest BCUT2D eigenvalue weighted by molar-refractivity contribution is -0.117. The van der Waals surface area contributed by atoms with Crippen molar-refractivity contribution in [3.8, 4) is 0 Å². The Morgan fingerprint density at radius 3 is 2.17 bits per heavy atom. The number of nitrogens with zero attached hydrogens (tertiary/aromatic N) is 1. The number of benzene rings is 2. The normalized spacial score (nSPS) is 11.0. The van der Waals surface area contributed by atoms with E-state index in [1.165, 1.54) is 24.6 Å². The van der Waals surface area contributed by atoms with E-state index in [2.05, 4.69) is 17.0 Å². The van der Waals surface area contributed by atoms with Gasteiger partial charge in [0.05, 0.1) is 4.90 Å². The first-order valence-corrected chi connectivity index (χ1v) is 8.83. The Hall–Kier alpha value is -2.34. The third kappa shape index (κ3) is 4.56. The molecule has 0 spiro atoms. The van der Waals surface area contributed by atoms with Gasteiger partial charge in [0.25, 0.3) is 10.0 Å². The van der Waals surface area contributed by atoms with E-state index in [0.717, 1.165) is 18.8 Å². The van der Waals surface area contributed by atoms with Crippen molar-refractivity contribution in [2.75, 3.05) is 11.4 Å². The van der Waals surface area contributed by atoms with Crippen LogP contribution in [-0.4, -0.2) is 20.9 Å².